The number of halogens is 1. The number of benzene rings is 1. The quantitative estimate of drug-likeness (QED) is 0.702. The molecule has 0 amide bonds. The highest BCUT2D eigenvalue weighted by Gasteiger charge is 2.03. The minimum absolute atomic E-state index is 0.347. The fourth-order valence-corrected chi connectivity index (χ4v) is 1.52. The highest BCUT2D eigenvalue weighted by molar-refractivity contribution is 6.30. The van der Waals surface area contributed by atoms with Crippen molar-refractivity contribution in [1.29, 1.82) is 0 Å². The van der Waals surface area contributed by atoms with E-state index in [1.807, 2.05) is 24.3 Å². The van der Waals surface area contributed by atoms with Crippen molar-refractivity contribution in [3.05, 3.63) is 34.9 Å². The van der Waals surface area contributed by atoms with Crippen LogP contribution in [0.1, 0.15) is 18.9 Å². The van der Waals surface area contributed by atoms with E-state index in [2.05, 4.69) is 12.2 Å². The van der Waals surface area contributed by atoms with Gasteiger partial charge in [0, 0.05) is 11.6 Å². The molecule has 0 heterocycles. The van der Waals surface area contributed by atoms with E-state index in [0.29, 0.717) is 19.8 Å². The number of aliphatic hydroxyl groups is 1. The van der Waals surface area contributed by atoms with Crippen LogP contribution in [0.5, 0.6) is 0 Å². The van der Waals surface area contributed by atoms with Crippen LogP contribution >= 0.6 is 11.6 Å². The number of aliphatic hydroxyl groups excluding tert-OH is 1. The van der Waals surface area contributed by atoms with Crippen molar-refractivity contribution in [3.8, 4) is 0 Å². The topological polar surface area (TPSA) is 41.5 Å². The normalized spacial score (nSPS) is 12.6. The molecule has 0 fully saturated rings. The molecule has 0 spiro atoms. The Morgan fingerprint density at radius 1 is 1.35 bits per heavy atom. The van der Waals surface area contributed by atoms with Gasteiger partial charge in [-0.05, 0) is 30.7 Å². The zero-order valence-corrected chi connectivity index (χ0v) is 10.9. The van der Waals surface area contributed by atoms with E-state index in [-0.39, 0.29) is 0 Å². The second-order valence-electron chi connectivity index (χ2n) is 4.00. The summed E-state index contributed by atoms with van der Waals surface area (Å²) in [6.45, 7) is 4.44. The summed E-state index contributed by atoms with van der Waals surface area (Å²) >= 11 is 5.78. The van der Waals surface area contributed by atoms with E-state index in [1.165, 1.54) is 0 Å². The zero-order chi connectivity index (χ0) is 12.5. The Labute approximate surface area is 108 Å². The number of hydrogen-bond acceptors (Lipinski definition) is 3. The van der Waals surface area contributed by atoms with Gasteiger partial charge >= 0.3 is 0 Å². The first kappa shape index (κ1) is 14.5. The Morgan fingerprint density at radius 3 is 2.71 bits per heavy atom. The lowest BCUT2D eigenvalue weighted by atomic mass is 10.2. The average molecular weight is 258 g/mol. The maximum Gasteiger partial charge on any atom is 0.0897 e. The number of rotatable bonds is 8. The zero-order valence-electron chi connectivity index (χ0n) is 10.2. The van der Waals surface area contributed by atoms with Gasteiger partial charge in [-0.3, -0.25) is 0 Å². The standard InChI is InChI=1S/C13H20ClNO2/c1-2-7-15-8-13(16)10-17-9-11-3-5-12(14)6-4-11/h3-6,13,15-16H,2,7-10H2,1H3. The van der Waals surface area contributed by atoms with Crippen LogP contribution in [0, 0.1) is 0 Å². The average Bonchev–Trinajstić information content (AvgIpc) is 2.32. The first-order valence-corrected chi connectivity index (χ1v) is 6.31. The molecule has 1 aromatic carbocycles. The number of nitrogens with one attached hydrogen (secondary N) is 1. The van der Waals surface area contributed by atoms with E-state index in [1.54, 1.807) is 0 Å². The van der Waals surface area contributed by atoms with Crippen molar-refractivity contribution in [1.82, 2.24) is 5.32 Å². The van der Waals surface area contributed by atoms with Crippen molar-refractivity contribution < 1.29 is 9.84 Å². The fraction of sp³-hybridized carbons (Fsp3) is 0.538. The third-order valence-corrected chi connectivity index (χ3v) is 2.55. The maximum absolute atomic E-state index is 9.59. The maximum atomic E-state index is 9.59. The van der Waals surface area contributed by atoms with Gasteiger partial charge in [0.2, 0.25) is 0 Å². The molecule has 0 saturated heterocycles. The fourth-order valence-electron chi connectivity index (χ4n) is 1.40. The summed E-state index contributed by atoms with van der Waals surface area (Å²) in [5.41, 5.74) is 1.06. The lowest BCUT2D eigenvalue weighted by Gasteiger charge is -2.12. The van der Waals surface area contributed by atoms with Crippen LogP contribution in [-0.2, 0) is 11.3 Å². The van der Waals surface area contributed by atoms with Gasteiger partial charge in [-0.2, -0.15) is 0 Å². The molecule has 17 heavy (non-hydrogen) atoms. The summed E-state index contributed by atoms with van der Waals surface area (Å²) < 4.78 is 5.42. The van der Waals surface area contributed by atoms with Gasteiger partial charge < -0.3 is 15.2 Å². The van der Waals surface area contributed by atoms with E-state index in [0.717, 1.165) is 23.6 Å². The highest BCUT2D eigenvalue weighted by Crippen LogP contribution is 2.10. The summed E-state index contributed by atoms with van der Waals surface area (Å²) in [6.07, 6.45) is 0.618. The first-order chi connectivity index (χ1) is 8.22. The second-order valence-corrected chi connectivity index (χ2v) is 4.44. The molecule has 0 bridgehead atoms. The molecule has 0 saturated carbocycles. The summed E-state index contributed by atoms with van der Waals surface area (Å²) in [5, 5.41) is 13.5. The number of ether oxygens (including phenoxy) is 1. The molecular weight excluding hydrogens is 238 g/mol. The second kappa shape index (κ2) is 8.48. The minimum atomic E-state index is -0.450. The molecule has 0 aromatic heterocycles. The monoisotopic (exact) mass is 257 g/mol. The third-order valence-electron chi connectivity index (χ3n) is 2.30. The van der Waals surface area contributed by atoms with Gasteiger partial charge in [0.05, 0.1) is 19.3 Å². The van der Waals surface area contributed by atoms with Crippen LogP contribution in [0.4, 0.5) is 0 Å². The summed E-state index contributed by atoms with van der Waals surface area (Å²) in [6, 6.07) is 7.51. The van der Waals surface area contributed by atoms with Crippen LogP contribution in [-0.4, -0.2) is 30.9 Å². The lowest BCUT2D eigenvalue weighted by molar-refractivity contribution is 0.0290. The molecule has 2 N–H and O–H groups in total. The molecule has 1 unspecified atom stereocenters. The molecule has 1 aromatic rings. The van der Waals surface area contributed by atoms with E-state index >= 15 is 0 Å². The van der Waals surface area contributed by atoms with Crippen LogP contribution in [0.3, 0.4) is 0 Å². The van der Waals surface area contributed by atoms with E-state index in [9.17, 15) is 5.11 Å². The van der Waals surface area contributed by atoms with Crippen LogP contribution < -0.4 is 5.32 Å². The van der Waals surface area contributed by atoms with Gasteiger partial charge in [-0.25, -0.2) is 0 Å². The lowest BCUT2D eigenvalue weighted by Crippen LogP contribution is -2.30. The largest absolute Gasteiger partial charge is 0.389 e. The van der Waals surface area contributed by atoms with E-state index < -0.39 is 6.10 Å². The predicted octanol–water partition coefficient (Wildman–Crippen LogP) is 2.22. The van der Waals surface area contributed by atoms with Crippen LogP contribution in [0.25, 0.3) is 0 Å². The molecule has 96 valence electrons. The van der Waals surface area contributed by atoms with Crippen molar-refractivity contribution in [2.24, 2.45) is 0 Å². The number of hydrogen-bond donors (Lipinski definition) is 2. The Bertz CT molecular complexity index is 303. The SMILES string of the molecule is CCCNCC(O)COCc1ccc(Cl)cc1. The van der Waals surface area contributed by atoms with Crippen molar-refractivity contribution in [3.63, 3.8) is 0 Å². The van der Waals surface area contributed by atoms with Gasteiger partial charge in [-0.15, -0.1) is 0 Å². The minimum Gasteiger partial charge on any atom is -0.389 e. The molecule has 0 aliphatic rings. The molecule has 1 atom stereocenters. The van der Waals surface area contributed by atoms with Crippen LogP contribution in [0.15, 0.2) is 24.3 Å². The Balaban J connectivity index is 2.12. The van der Waals surface area contributed by atoms with Crippen LogP contribution in [0.2, 0.25) is 5.02 Å². The predicted molar refractivity (Wildman–Crippen MR) is 70.3 cm³/mol. The van der Waals surface area contributed by atoms with Gasteiger partial charge in [-0.1, -0.05) is 30.7 Å². The molecule has 0 aliphatic carbocycles. The molecule has 0 aliphatic heterocycles. The van der Waals surface area contributed by atoms with Gasteiger partial charge in [0.1, 0.15) is 0 Å². The third kappa shape index (κ3) is 6.64. The molecular formula is C13H20ClNO2. The van der Waals surface area contributed by atoms with Crippen molar-refractivity contribution in [2.45, 2.75) is 26.1 Å². The Kier molecular flexibility index (Phi) is 7.21. The molecule has 1 rings (SSSR count). The first-order valence-electron chi connectivity index (χ1n) is 5.93. The molecule has 0 radical (unpaired) electrons. The van der Waals surface area contributed by atoms with Crippen molar-refractivity contribution >= 4 is 11.6 Å². The Hall–Kier alpha value is -0.610. The highest BCUT2D eigenvalue weighted by atomic mass is 35.5. The molecule has 3 nitrogen and oxygen atoms in total. The summed E-state index contributed by atoms with van der Waals surface area (Å²) in [4.78, 5) is 0. The molecule has 4 heteroatoms. The summed E-state index contributed by atoms with van der Waals surface area (Å²) in [7, 11) is 0. The summed E-state index contributed by atoms with van der Waals surface area (Å²) in [5.74, 6) is 0. The van der Waals surface area contributed by atoms with Crippen molar-refractivity contribution in [2.75, 3.05) is 19.7 Å². The van der Waals surface area contributed by atoms with Gasteiger partial charge in [0.25, 0.3) is 0 Å². The Morgan fingerprint density at radius 2 is 2.06 bits per heavy atom. The smallest absolute Gasteiger partial charge is 0.0897 e. The van der Waals surface area contributed by atoms with Gasteiger partial charge in [0.15, 0.2) is 0 Å². The van der Waals surface area contributed by atoms with E-state index in [4.69, 9.17) is 16.3 Å².